The highest BCUT2D eigenvalue weighted by atomic mass is 35.5. The van der Waals surface area contributed by atoms with Crippen LogP contribution in [0.2, 0.25) is 5.02 Å². The lowest BCUT2D eigenvalue weighted by molar-refractivity contribution is -0.156. The summed E-state index contributed by atoms with van der Waals surface area (Å²) in [6.07, 6.45) is 0.0258. The van der Waals surface area contributed by atoms with E-state index in [1.165, 1.54) is 0 Å². The molecular formula is C34H32ClNO3. The predicted octanol–water partition coefficient (Wildman–Crippen LogP) is 7.94. The van der Waals surface area contributed by atoms with E-state index < -0.39 is 23.5 Å². The fourth-order valence-electron chi connectivity index (χ4n) is 4.43. The number of carbonyl (C=O) groups is 2. The van der Waals surface area contributed by atoms with Gasteiger partial charge in [-0.05, 0) is 32.4 Å². The van der Waals surface area contributed by atoms with Crippen molar-refractivity contribution in [3.63, 3.8) is 0 Å². The molecule has 4 aromatic carbocycles. The quantitative estimate of drug-likeness (QED) is 0.124. The van der Waals surface area contributed by atoms with Crippen molar-refractivity contribution >= 4 is 29.1 Å². The van der Waals surface area contributed by atoms with Gasteiger partial charge in [0.1, 0.15) is 5.60 Å². The normalized spacial score (nSPS) is 12.7. The Bertz CT molecular complexity index is 1390. The van der Waals surface area contributed by atoms with Crippen LogP contribution >= 0.6 is 11.6 Å². The molecule has 0 bridgehead atoms. The summed E-state index contributed by atoms with van der Waals surface area (Å²) in [4.78, 5) is 32.5. The van der Waals surface area contributed by atoms with Crippen LogP contribution in [0.5, 0.6) is 0 Å². The molecule has 5 heteroatoms. The second kappa shape index (κ2) is 12.7. The second-order valence-corrected chi connectivity index (χ2v) is 10.7. The minimum atomic E-state index is -1.04. The summed E-state index contributed by atoms with van der Waals surface area (Å²) in [6.45, 7) is 5.46. The Kier molecular flexibility index (Phi) is 9.11. The van der Waals surface area contributed by atoms with E-state index in [9.17, 15) is 9.59 Å². The van der Waals surface area contributed by atoms with Gasteiger partial charge in [-0.1, -0.05) is 121 Å². The van der Waals surface area contributed by atoms with E-state index in [2.05, 4.69) is 0 Å². The Morgan fingerprint density at radius 1 is 0.718 bits per heavy atom. The maximum Gasteiger partial charge on any atom is 0.332 e. The zero-order chi connectivity index (χ0) is 27.8. The van der Waals surface area contributed by atoms with Crippen molar-refractivity contribution in [2.45, 2.75) is 44.8 Å². The van der Waals surface area contributed by atoms with Gasteiger partial charge < -0.3 is 4.74 Å². The van der Waals surface area contributed by atoms with Gasteiger partial charge in [0, 0.05) is 34.1 Å². The highest BCUT2D eigenvalue weighted by molar-refractivity contribution is 6.31. The van der Waals surface area contributed by atoms with Crippen LogP contribution in [-0.2, 0) is 9.53 Å². The summed E-state index contributed by atoms with van der Waals surface area (Å²) in [6, 6.07) is 34.7. The molecule has 2 atom stereocenters. The largest absolute Gasteiger partial charge is 0.458 e. The van der Waals surface area contributed by atoms with Crippen LogP contribution in [-0.4, -0.2) is 29.1 Å². The van der Waals surface area contributed by atoms with E-state index in [-0.39, 0.29) is 12.2 Å². The molecule has 0 spiro atoms. The Balaban J connectivity index is 1.91. The molecule has 0 saturated heterocycles. The number of aliphatic imine (C=N–C) groups is 1. The van der Waals surface area contributed by atoms with Crippen LogP contribution in [0.15, 0.2) is 120 Å². The minimum Gasteiger partial charge on any atom is -0.458 e. The highest BCUT2D eigenvalue weighted by Gasteiger charge is 2.36. The summed E-state index contributed by atoms with van der Waals surface area (Å²) < 4.78 is 5.90. The molecule has 4 aromatic rings. The van der Waals surface area contributed by atoms with Crippen molar-refractivity contribution in [2.75, 3.05) is 0 Å². The van der Waals surface area contributed by atoms with Gasteiger partial charge in [0.25, 0.3) is 0 Å². The molecule has 0 N–H and O–H groups in total. The number of Topliss-reactive ketones (excluding diaryl/α,β-unsaturated/α-hetero) is 1. The van der Waals surface area contributed by atoms with Crippen LogP contribution in [0.4, 0.5) is 0 Å². The van der Waals surface area contributed by atoms with Crippen molar-refractivity contribution in [1.29, 1.82) is 0 Å². The van der Waals surface area contributed by atoms with E-state index in [4.69, 9.17) is 21.3 Å². The van der Waals surface area contributed by atoms with Gasteiger partial charge in [-0.3, -0.25) is 9.79 Å². The summed E-state index contributed by atoms with van der Waals surface area (Å²) in [5.41, 5.74) is 2.82. The molecule has 0 fully saturated rings. The predicted molar refractivity (Wildman–Crippen MR) is 158 cm³/mol. The van der Waals surface area contributed by atoms with E-state index in [0.29, 0.717) is 21.9 Å². The fourth-order valence-corrected chi connectivity index (χ4v) is 4.70. The van der Waals surface area contributed by atoms with E-state index >= 15 is 0 Å². The Morgan fingerprint density at radius 3 is 1.67 bits per heavy atom. The molecule has 4 nitrogen and oxygen atoms in total. The number of ether oxygens (including phenoxy) is 1. The number of hydrogen-bond donors (Lipinski definition) is 0. The number of carbonyl (C=O) groups excluding carboxylic acids is 2. The van der Waals surface area contributed by atoms with Gasteiger partial charge in [-0.15, -0.1) is 0 Å². The number of halogens is 1. The molecule has 0 aliphatic carbocycles. The summed E-state index contributed by atoms with van der Waals surface area (Å²) in [5.74, 6) is -1.29. The van der Waals surface area contributed by atoms with Crippen LogP contribution in [0.25, 0.3) is 0 Å². The van der Waals surface area contributed by atoms with E-state index in [0.717, 1.165) is 11.1 Å². The standard InChI is InChI=1S/C34H32ClNO3/c1-34(2,3)39-33(38)32(36-31(25-17-9-5-10-18-25)26-19-11-6-12-20-26)28(27-21-13-14-22-29(27)35)23-30(37)24-15-7-4-8-16-24/h4-22,28,32H,23H2,1-3H3/t28-,32+/m0/s1. The maximum atomic E-state index is 13.9. The van der Waals surface area contributed by atoms with Crippen molar-refractivity contribution in [3.8, 4) is 0 Å². The molecule has 0 saturated carbocycles. The highest BCUT2D eigenvalue weighted by Crippen LogP contribution is 2.34. The van der Waals surface area contributed by atoms with E-state index in [1.807, 2.05) is 118 Å². The third kappa shape index (κ3) is 7.52. The first-order valence-corrected chi connectivity index (χ1v) is 13.3. The Morgan fingerprint density at radius 2 is 1.18 bits per heavy atom. The number of nitrogens with zero attached hydrogens (tertiary/aromatic N) is 1. The van der Waals surface area contributed by atoms with E-state index in [1.54, 1.807) is 18.2 Å². The van der Waals surface area contributed by atoms with Crippen LogP contribution in [0, 0.1) is 0 Å². The second-order valence-electron chi connectivity index (χ2n) is 10.3. The molecule has 0 unspecified atom stereocenters. The van der Waals surface area contributed by atoms with Gasteiger partial charge >= 0.3 is 5.97 Å². The average Bonchev–Trinajstić information content (AvgIpc) is 2.93. The molecule has 0 aliphatic heterocycles. The lowest BCUT2D eigenvalue weighted by atomic mass is 9.85. The Hall–Kier alpha value is -4.02. The van der Waals surface area contributed by atoms with Gasteiger partial charge in [0.15, 0.2) is 11.8 Å². The van der Waals surface area contributed by atoms with Crippen molar-refractivity contribution in [1.82, 2.24) is 0 Å². The van der Waals surface area contributed by atoms with Crippen molar-refractivity contribution in [2.24, 2.45) is 4.99 Å². The van der Waals surface area contributed by atoms with Gasteiger partial charge in [-0.2, -0.15) is 0 Å². The van der Waals surface area contributed by atoms with Gasteiger partial charge in [-0.25, -0.2) is 4.79 Å². The molecule has 0 aromatic heterocycles. The number of hydrogen-bond acceptors (Lipinski definition) is 4. The zero-order valence-electron chi connectivity index (χ0n) is 22.4. The molecule has 0 amide bonds. The number of ketones is 1. The van der Waals surface area contributed by atoms with Crippen LogP contribution in [0.1, 0.15) is 60.2 Å². The molecule has 4 rings (SSSR count). The molecule has 39 heavy (non-hydrogen) atoms. The molecule has 0 radical (unpaired) electrons. The summed E-state index contributed by atoms with van der Waals surface area (Å²) in [7, 11) is 0. The first kappa shape index (κ1) is 28.0. The summed E-state index contributed by atoms with van der Waals surface area (Å²) >= 11 is 6.69. The number of benzene rings is 4. The Labute approximate surface area is 235 Å². The molecule has 0 heterocycles. The van der Waals surface area contributed by atoms with Gasteiger partial charge in [0.05, 0.1) is 5.71 Å². The SMILES string of the molecule is CC(C)(C)OC(=O)[C@H](N=C(c1ccccc1)c1ccccc1)[C@@H](CC(=O)c1ccccc1)c1ccccc1Cl. The van der Waals surface area contributed by atoms with Crippen LogP contribution in [0.3, 0.4) is 0 Å². The monoisotopic (exact) mass is 537 g/mol. The fraction of sp³-hybridized carbons (Fsp3) is 0.206. The molecule has 198 valence electrons. The first-order valence-electron chi connectivity index (χ1n) is 13.0. The average molecular weight is 538 g/mol. The third-order valence-corrected chi connectivity index (χ3v) is 6.54. The first-order chi connectivity index (χ1) is 18.7. The number of rotatable bonds is 9. The number of esters is 1. The third-order valence-electron chi connectivity index (χ3n) is 6.20. The van der Waals surface area contributed by atoms with Crippen LogP contribution < -0.4 is 0 Å². The topological polar surface area (TPSA) is 55.7 Å². The zero-order valence-corrected chi connectivity index (χ0v) is 23.1. The maximum absolute atomic E-state index is 13.9. The van der Waals surface area contributed by atoms with Crippen molar-refractivity contribution < 1.29 is 14.3 Å². The summed E-state index contributed by atoms with van der Waals surface area (Å²) in [5, 5.41) is 0.466. The van der Waals surface area contributed by atoms with Crippen molar-refractivity contribution in [3.05, 3.63) is 143 Å². The van der Waals surface area contributed by atoms with Gasteiger partial charge in [0.2, 0.25) is 0 Å². The lowest BCUT2D eigenvalue weighted by Crippen LogP contribution is -2.36. The minimum absolute atomic E-state index is 0.0258. The molecule has 0 aliphatic rings. The lowest BCUT2D eigenvalue weighted by Gasteiger charge is -2.28. The molecular weight excluding hydrogens is 506 g/mol. The smallest absolute Gasteiger partial charge is 0.332 e.